The lowest BCUT2D eigenvalue weighted by Crippen LogP contribution is -2.29. The number of hydrogen-bond donors (Lipinski definition) is 2. The van der Waals surface area contributed by atoms with Crippen molar-refractivity contribution in [1.29, 1.82) is 0 Å². The van der Waals surface area contributed by atoms with E-state index in [4.69, 9.17) is 5.11 Å². The summed E-state index contributed by atoms with van der Waals surface area (Å²) in [6.45, 7) is 4.01. The minimum Gasteiger partial charge on any atom is -0.480 e. The Bertz CT molecular complexity index is 862. The summed E-state index contributed by atoms with van der Waals surface area (Å²) in [6, 6.07) is 11.8. The van der Waals surface area contributed by atoms with Gasteiger partial charge in [0, 0.05) is 29.3 Å². The topological polar surface area (TPSA) is 116 Å². The predicted molar refractivity (Wildman–Crippen MR) is 100 cm³/mol. The summed E-state index contributed by atoms with van der Waals surface area (Å²) in [6.07, 6.45) is 0. The van der Waals surface area contributed by atoms with Gasteiger partial charge in [-0.05, 0) is 25.6 Å². The van der Waals surface area contributed by atoms with Crippen LogP contribution in [0.5, 0.6) is 0 Å². The van der Waals surface area contributed by atoms with E-state index >= 15 is 0 Å². The number of hydrogen-bond acceptors (Lipinski definition) is 6. The van der Waals surface area contributed by atoms with E-state index in [1.165, 1.54) is 12.1 Å². The molecule has 0 atom stereocenters. The number of carbonyl (C=O) groups is 1. The van der Waals surface area contributed by atoms with Crippen LogP contribution >= 0.6 is 0 Å². The van der Waals surface area contributed by atoms with Crippen LogP contribution in [-0.2, 0) is 11.3 Å². The van der Waals surface area contributed by atoms with Crippen molar-refractivity contribution in [2.45, 2.75) is 20.4 Å². The molecule has 0 fully saturated rings. The van der Waals surface area contributed by atoms with E-state index in [0.717, 1.165) is 5.56 Å². The Balaban J connectivity index is 2.45. The van der Waals surface area contributed by atoms with Crippen LogP contribution < -0.4 is 0 Å². The zero-order valence-electron chi connectivity index (χ0n) is 15.1. The standard InChI is InChI=1S/C19H21N3O5/c1-3-21(12-18(23)24)11-16-10-15(8-9-17(16)22(26)27)19(20-25)14-6-4-13(2)5-7-14/h4-10,25H,3,11-12H2,1-2H3,(H,23,24)/b20-19+. The third-order valence-corrected chi connectivity index (χ3v) is 4.17. The van der Waals surface area contributed by atoms with Gasteiger partial charge < -0.3 is 10.3 Å². The highest BCUT2D eigenvalue weighted by atomic mass is 16.6. The molecule has 27 heavy (non-hydrogen) atoms. The molecule has 142 valence electrons. The van der Waals surface area contributed by atoms with Crippen molar-refractivity contribution in [3.8, 4) is 0 Å². The van der Waals surface area contributed by atoms with Gasteiger partial charge in [0.1, 0.15) is 5.71 Å². The number of benzene rings is 2. The Kier molecular flexibility index (Phi) is 6.62. The molecule has 2 rings (SSSR count). The molecule has 0 aliphatic carbocycles. The van der Waals surface area contributed by atoms with Gasteiger partial charge in [0.15, 0.2) is 0 Å². The number of aliphatic carboxylic acids is 1. The molecule has 0 saturated heterocycles. The zero-order valence-corrected chi connectivity index (χ0v) is 15.1. The van der Waals surface area contributed by atoms with Crippen molar-refractivity contribution in [1.82, 2.24) is 4.90 Å². The Labute approximate surface area is 156 Å². The minimum absolute atomic E-state index is 0.0968. The van der Waals surface area contributed by atoms with Gasteiger partial charge in [-0.2, -0.15) is 0 Å². The average Bonchev–Trinajstić information content (AvgIpc) is 2.63. The number of carboxylic acids is 1. The lowest BCUT2D eigenvalue weighted by Gasteiger charge is -2.18. The maximum absolute atomic E-state index is 11.4. The van der Waals surface area contributed by atoms with Gasteiger partial charge in [-0.15, -0.1) is 0 Å². The molecule has 0 aromatic heterocycles. The van der Waals surface area contributed by atoms with Crippen LogP contribution in [0.2, 0.25) is 0 Å². The highest BCUT2D eigenvalue weighted by Crippen LogP contribution is 2.24. The molecule has 0 aliphatic heterocycles. The van der Waals surface area contributed by atoms with E-state index in [0.29, 0.717) is 23.2 Å². The molecule has 0 bridgehead atoms. The summed E-state index contributed by atoms with van der Waals surface area (Å²) in [5.74, 6) is -1.01. The van der Waals surface area contributed by atoms with Gasteiger partial charge in [0.05, 0.1) is 11.5 Å². The zero-order chi connectivity index (χ0) is 20.0. The fraction of sp³-hybridized carbons (Fsp3) is 0.263. The summed E-state index contributed by atoms with van der Waals surface area (Å²) >= 11 is 0. The normalized spacial score (nSPS) is 11.6. The molecule has 0 amide bonds. The van der Waals surface area contributed by atoms with Crippen molar-refractivity contribution in [3.63, 3.8) is 0 Å². The van der Waals surface area contributed by atoms with Crippen molar-refractivity contribution < 1.29 is 20.0 Å². The molecule has 0 saturated carbocycles. The smallest absolute Gasteiger partial charge is 0.317 e. The summed E-state index contributed by atoms with van der Waals surface area (Å²) in [7, 11) is 0. The lowest BCUT2D eigenvalue weighted by atomic mass is 9.98. The number of oxime groups is 1. The van der Waals surface area contributed by atoms with Gasteiger partial charge in [-0.1, -0.05) is 41.9 Å². The molecule has 0 unspecified atom stereocenters. The number of nitrogens with zero attached hydrogens (tertiary/aromatic N) is 3. The molecule has 0 heterocycles. The molecule has 2 aromatic rings. The lowest BCUT2D eigenvalue weighted by molar-refractivity contribution is -0.385. The van der Waals surface area contributed by atoms with E-state index in [1.807, 2.05) is 19.1 Å². The predicted octanol–water partition coefficient (Wildman–Crippen LogP) is 3.04. The number of nitro groups is 1. The maximum atomic E-state index is 11.4. The van der Waals surface area contributed by atoms with Gasteiger partial charge in [-0.3, -0.25) is 19.8 Å². The first-order valence-electron chi connectivity index (χ1n) is 8.36. The second-order valence-electron chi connectivity index (χ2n) is 6.11. The summed E-state index contributed by atoms with van der Waals surface area (Å²) in [5.41, 5.74) is 2.76. The van der Waals surface area contributed by atoms with Gasteiger partial charge in [-0.25, -0.2) is 0 Å². The van der Waals surface area contributed by atoms with Crippen molar-refractivity contribution in [2.24, 2.45) is 5.16 Å². The number of likely N-dealkylation sites (N-methyl/N-ethyl adjacent to an activating group) is 1. The maximum Gasteiger partial charge on any atom is 0.317 e. The van der Waals surface area contributed by atoms with E-state index in [2.05, 4.69) is 5.16 Å². The summed E-state index contributed by atoms with van der Waals surface area (Å²) in [5, 5.41) is 33.2. The monoisotopic (exact) mass is 371 g/mol. The second-order valence-corrected chi connectivity index (χ2v) is 6.11. The minimum atomic E-state index is -1.01. The fourth-order valence-corrected chi connectivity index (χ4v) is 2.74. The molecule has 2 aromatic carbocycles. The third kappa shape index (κ3) is 5.11. The van der Waals surface area contributed by atoms with Crippen LogP contribution in [0.15, 0.2) is 47.6 Å². The average molecular weight is 371 g/mol. The molecular weight excluding hydrogens is 350 g/mol. The van der Waals surface area contributed by atoms with Crippen LogP contribution in [0.1, 0.15) is 29.2 Å². The van der Waals surface area contributed by atoms with Crippen LogP contribution in [0.25, 0.3) is 0 Å². The highest BCUT2D eigenvalue weighted by Gasteiger charge is 2.20. The van der Waals surface area contributed by atoms with Gasteiger partial charge >= 0.3 is 5.97 Å². The van der Waals surface area contributed by atoms with E-state index < -0.39 is 10.9 Å². The Morgan fingerprint density at radius 3 is 2.33 bits per heavy atom. The summed E-state index contributed by atoms with van der Waals surface area (Å²) in [4.78, 5) is 23.4. The van der Waals surface area contributed by atoms with E-state index in [1.54, 1.807) is 30.0 Å². The van der Waals surface area contributed by atoms with Gasteiger partial charge in [0.2, 0.25) is 0 Å². The first-order chi connectivity index (χ1) is 12.8. The Morgan fingerprint density at radius 1 is 1.19 bits per heavy atom. The number of aryl methyl sites for hydroxylation is 1. The largest absolute Gasteiger partial charge is 0.480 e. The quantitative estimate of drug-likeness (QED) is 0.319. The Hall–Kier alpha value is -3.26. The first kappa shape index (κ1) is 20.1. The number of carboxylic acid groups (broad SMARTS) is 1. The van der Waals surface area contributed by atoms with Crippen LogP contribution in [0, 0.1) is 17.0 Å². The van der Waals surface area contributed by atoms with Crippen LogP contribution in [-0.4, -0.2) is 44.9 Å². The van der Waals surface area contributed by atoms with Crippen LogP contribution in [0.3, 0.4) is 0 Å². The van der Waals surface area contributed by atoms with Crippen molar-refractivity contribution in [2.75, 3.05) is 13.1 Å². The molecule has 8 nitrogen and oxygen atoms in total. The highest BCUT2D eigenvalue weighted by molar-refractivity contribution is 6.12. The number of rotatable bonds is 8. The van der Waals surface area contributed by atoms with Crippen LogP contribution in [0.4, 0.5) is 5.69 Å². The number of nitro benzene ring substituents is 1. The molecule has 8 heteroatoms. The fourth-order valence-electron chi connectivity index (χ4n) is 2.74. The molecule has 0 aliphatic rings. The molecule has 2 N–H and O–H groups in total. The molecule has 0 radical (unpaired) electrons. The molecular formula is C19H21N3O5. The van der Waals surface area contributed by atoms with E-state index in [-0.39, 0.29) is 24.5 Å². The second kappa shape index (κ2) is 8.91. The van der Waals surface area contributed by atoms with Gasteiger partial charge in [0.25, 0.3) is 5.69 Å². The Morgan fingerprint density at radius 2 is 1.81 bits per heavy atom. The third-order valence-electron chi connectivity index (χ3n) is 4.17. The van der Waals surface area contributed by atoms with E-state index in [9.17, 15) is 20.1 Å². The first-order valence-corrected chi connectivity index (χ1v) is 8.36. The van der Waals surface area contributed by atoms with Crippen molar-refractivity contribution in [3.05, 3.63) is 74.8 Å². The van der Waals surface area contributed by atoms with Crippen molar-refractivity contribution >= 4 is 17.4 Å². The summed E-state index contributed by atoms with van der Waals surface area (Å²) < 4.78 is 0. The SMILES string of the molecule is CCN(CC(=O)O)Cc1cc(/C(=N/O)c2ccc(C)cc2)ccc1[N+](=O)[O-]. The molecule has 0 spiro atoms.